The van der Waals surface area contributed by atoms with Gasteiger partial charge in [-0.15, -0.1) is 10.2 Å². The van der Waals surface area contributed by atoms with Crippen LogP contribution < -0.4 is 4.90 Å². The molecule has 2 heterocycles. The van der Waals surface area contributed by atoms with Gasteiger partial charge in [-0.3, -0.25) is 0 Å². The van der Waals surface area contributed by atoms with Crippen molar-refractivity contribution in [2.75, 3.05) is 18.0 Å². The molecule has 0 radical (unpaired) electrons. The summed E-state index contributed by atoms with van der Waals surface area (Å²) in [7, 11) is 0. The van der Waals surface area contributed by atoms with Gasteiger partial charge in [-0.1, -0.05) is 11.3 Å². The second-order valence-electron chi connectivity index (χ2n) is 8.55. The summed E-state index contributed by atoms with van der Waals surface area (Å²) in [5, 5.41) is 37.0. The maximum absolute atomic E-state index is 8.87. The Morgan fingerprint density at radius 2 is 1.24 bits per heavy atom. The first kappa shape index (κ1) is 24.2. The molecule has 8 nitrogen and oxygen atoms in total. The minimum atomic E-state index is 0.590. The minimum absolute atomic E-state index is 0.590. The second-order valence-corrected chi connectivity index (χ2v) is 9.59. The zero-order valence-corrected chi connectivity index (χ0v) is 21.1. The fourth-order valence-electron chi connectivity index (χ4n) is 3.82. The van der Waals surface area contributed by atoms with Crippen LogP contribution in [0.4, 0.5) is 38.4 Å². The largest absolute Gasteiger partial charge is 0.363 e. The van der Waals surface area contributed by atoms with Crippen molar-refractivity contribution in [3.8, 4) is 6.07 Å². The van der Waals surface area contributed by atoms with E-state index in [1.54, 1.807) is 35.6 Å². The number of anilines is 1. The Labute approximate surface area is 219 Å². The fourth-order valence-corrected chi connectivity index (χ4v) is 4.70. The van der Waals surface area contributed by atoms with Crippen molar-refractivity contribution in [1.29, 1.82) is 5.26 Å². The number of aryl methyl sites for hydroxylation is 1. The molecule has 1 aliphatic heterocycles. The summed E-state index contributed by atoms with van der Waals surface area (Å²) in [6, 6.07) is 26.3. The lowest BCUT2D eigenvalue weighted by Gasteiger charge is -2.13. The molecule has 4 aromatic rings. The molecule has 9 heteroatoms. The van der Waals surface area contributed by atoms with Gasteiger partial charge in [0.05, 0.1) is 45.1 Å². The maximum atomic E-state index is 8.87. The van der Waals surface area contributed by atoms with E-state index in [2.05, 4.69) is 47.7 Å². The average Bonchev–Trinajstić information content (AvgIpc) is 3.64. The van der Waals surface area contributed by atoms with Gasteiger partial charge in [-0.05, 0) is 104 Å². The van der Waals surface area contributed by atoms with E-state index in [-0.39, 0.29) is 0 Å². The highest BCUT2D eigenvalue weighted by Gasteiger charge is 2.14. The van der Waals surface area contributed by atoms with E-state index in [1.165, 1.54) is 17.8 Å². The normalized spacial score (nSPS) is 13.8. The molecular formula is C28H24N8S. The van der Waals surface area contributed by atoms with Crippen LogP contribution in [0.5, 0.6) is 0 Å². The van der Waals surface area contributed by atoms with Gasteiger partial charge in [-0.2, -0.15) is 25.7 Å². The molecule has 0 N–H and O–H groups in total. The van der Waals surface area contributed by atoms with Crippen molar-refractivity contribution < 1.29 is 0 Å². The predicted octanol–water partition coefficient (Wildman–Crippen LogP) is 9.77. The van der Waals surface area contributed by atoms with Crippen molar-refractivity contribution in [2.24, 2.45) is 30.7 Å². The molecule has 0 saturated carbocycles. The topological polar surface area (TPSA) is 101 Å². The molecule has 37 heavy (non-hydrogen) atoms. The van der Waals surface area contributed by atoms with Crippen LogP contribution in [0.15, 0.2) is 110 Å². The van der Waals surface area contributed by atoms with E-state index >= 15 is 0 Å². The molecule has 3 aromatic carbocycles. The summed E-state index contributed by atoms with van der Waals surface area (Å²) in [4.78, 5) is 2.41. The molecule has 182 valence electrons. The molecular weight excluding hydrogens is 480 g/mol. The highest BCUT2D eigenvalue weighted by atomic mass is 32.1. The quantitative estimate of drug-likeness (QED) is 0.234. The molecule has 0 bridgehead atoms. The van der Waals surface area contributed by atoms with Crippen molar-refractivity contribution >= 4 is 49.8 Å². The van der Waals surface area contributed by atoms with Gasteiger partial charge in [0.1, 0.15) is 5.00 Å². The standard InChI is InChI=1S/C28H24N8S/c1-20-18-25(33-35-27-14-15-28(37-27)36-16-2-3-17-36)12-13-26(20)34-32-24-10-8-23(9-11-24)31-30-22-6-4-21(19-29)5-7-22/h4-15,18H,2-3,16-17H2,1H3/b31-30+,34-32+,35-33+. The Morgan fingerprint density at radius 1 is 0.676 bits per heavy atom. The third-order valence-corrected chi connectivity index (χ3v) is 6.87. The molecule has 5 rings (SSSR count). The SMILES string of the molecule is Cc1cc(/N=N/c2ccc(N3CCCC3)s2)ccc1/N=N/c1ccc(/N=N/c2ccc(C#N)cc2)cc1. The smallest absolute Gasteiger partial charge is 0.140 e. The summed E-state index contributed by atoms with van der Waals surface area (Å²) >= 11 is 1.68. The van der Waals surface area contributed by atoms with E-state index in [4.69, 9.17) is 5.26 Å². The molecule has 0 amide bonds. The van der Waals surface area contributed by atoms with Gasteiger partial charge in [-0.25, -0.2) is 0 Å². The van der Waals surface area contributed by atoms with Crippen LogP contribution in [0.3, 0.4) is 0 Å². The number of nitrogens with zero attached hydrogens (tertiary/aromatic N) is 8. The zero-order valence-electron chi connectivity index (χ0n) is 20.3. The van der Waals surface area contributed by atoms with E-state index in [0.29, 0.717) is 22.6 Å². The van der Waals surface area contributed by atoms with Crippen LogP contribution in [-0.4, -0.2) is 13.1 Å². The summed E-state index contributed by atoms with van der Waals surface area (Å²) < 4.78 is 0. The van der Waals surface area contributed by atoms with E-state index in [1.807, 2.05) is 55.5 Å². The zero-order chi connectivity index (χ0) is 25.5. The highest BCUT2D eigenvalue weighted by molar-refractivity contribution is 7.19. The maximum Gasteiger partial charge on any atom is 0.140 e. The lowest BCUT2D eigenvalue weighted by atomic mass is 10.2. The number of hydrogen-bond donors (Lipinski definition) is 0. The monoisotopic (exact) mass is 504 g/mol. The molecule has 1 aromatic heterocycles. The van der Waals surface area contributed by atoms with Gasteiger partial charge in [0.2, 0.25) is 0 Å². The number of benzene rings is 3. The first-order valence-electron chi connectivity index (χ1n) is 12.0. The van der Waals surface area contributed by atoms with E-state index < -0.39 is 0 Å². The van der Waals surface area contributed by atoms with Crippen LogP contribution in [-0.2, 0) is 0 Å². The first-order valence-corrected chi connectivity index (χ1v) is 12.8. The molecule has 1 saturated heterocycles. The summed E-state index contributed by atoms with van der Waals surface area (Å²) in [6.45, 7) is 4.24. The molecule has 1 aliphatic rings. The third kappa shape index (κ3) is 6.37. The van der Waals surface area contributed by atoms with Crippen molar-refractivity contribution in [3.05, 3.63) is 90.0 Å². The summed E-state index contributed by atoms with van der Waals surface area (Å²) in [6.07, 6.45) is 2.52. The molecule has 1 fully saturated rings. The molecule has 0 unspecified atom stereocenters. The van der Waals surface area contributed by atoms with Gasteiger partial charge >= 0.3 is 0 Å². The van der Waals surface area contributed by atoms with Crippen molar-refractivity contribution in [3.63, 3.8) is 0 Å². The summed E-state index contributed by atoms with van der Waals surface area (Å²) in [5.41, 5.74) is 5.22. The predicted molar refractivity (Wildman–Crippen MR) is 147 cm³/mol. The van der Waals surface area contributed by atoms with Gasteiger partial charge in [0.25, 0.3) is 0 Å². The lowest BCUT2D eigenvalue weighted by molar-refractivity contribution is 0.949. The molecule has 0 spiro atoms. The molecule has 0 atom stereocenters. The van der Waals surface area contributed by atoms with Crippen LogP contribution in [0.1, 0.15) is 24.0 Å². The van der Waals surface area contributed by atoms with E-state index in [0.717, 1.165) is 35.0 Å². The van der Waals surface area contributed by atoms with Crippen molar-refractivity contribution in [1.82, 2.24) is 0 Å². The van der Waals surface area contributed by atoms with Gasteiger partial charge < -0.3 is 4.90 Å². The fraction of sp³-hybridized carbons (Fsp3) is 0.179. The van der Waals surface area contributed by atoms with Crippen LogP contribution >= 0.6 is 11.3 Å². The Morgan fingerprint density at radius 3 is 1.86 bits per heavy atom. The van der Waals surface area contributed by atoms with Crippen LogP contribution in [0.2, 0.25) is 0 Å². The minimum Gasteiger partial charge on any atom is -0.363 e. The van der Waals surface area contributed by atoms with E-state index in [9.17, 15) is 0 Å². The second kappa shape index (κ2) is 11.5. The van der Waals surface area contributed by atoms with Crippen LogP contribution in [0.25, 0.3) is 0 Å². The number of thiophene rings is 1. The number of nitriles is 1. The molecule has 0 aliphatic carbocycles. The van der Waals surface area contributed by atoms with Crippen LogP contribution in [0, 0.1) is 18.3 Å². The van der Waals surface area contributed by atoms with Gasteiger partial charge in [0.15, 0.2) is 0 Å². The number of hydrogen-bond acceptors (Lipinski definition) is 9. The Bertz CT molecular complexity index is 1490. The summed E-state index contributed by atoms with van der Waals surface area (Å²) in [5.74, 6) is 0. The Balaban J connectivity index is 1.19. The highest BCUT2D eigenvalue weighted by Crippen LogP contribution is 2.35. The number of rotatable bonds is 7. The average molecular weight is 505 g/mol. The lowest BCUT2D eigenvalue weighted by Crippen LogP contribution is -2.15. The van der Waals surface area contributed by atoms with Gasteiger partial charge in [0, 0.05) is 13.1 Å². The number of azo groups is 3. The first-order chi connectivity index (χ1) is 18.2. The Hall–Kier alpha value is -4.55. The van der Waals surface area contributed by atoms with Crippen molar-refractivity contribution in [2.45, 2.75) is 19.8 Å². The third-order valence-electron chi connectivity index (χ3n) is 5.84. The Kier molecular flexibility index (Phi) is 7.48.